The molecule has 5 heteroatoms. The maximum atomic E-state index is 6.36. The highest BCUT2D eigenvalue weighted by molar-refractivity contribution is 5.88. The minimum absolute atomic E-state index is 0.0957. The van der Waals surface area contributed by atoms with Crippen molar-refractivity contribution in [2.24, 2.45) is 5.10 Å². The lowest BCUT2D eigenvalue weighted by Crippen LogP contribution is -2.11. The summed E-state index contributed by atoms with van der Waals surface area (Å²) in [6.07, 6.45) is 1.55. The first-order chi connectivity index (χ1) is 16.3. The molecule has 2 heterocycles. The SMILES string of the molecule is Cc1cc2oc(-c3ccc(C(C)(C)C)cc3)cc(=NNc3ncnc4ccccc34)c2cc1C. The maximum absolute atomic E-state index is 6.36. The molecule has 2 aromatic heterocycles. The van der Waals surface area contributed by atoms with Gasteiger partial charge >= 0.3 is 0 Å². The summed E-state index contributed by atoms with van der Waals surface area (Å²) < 4.78 is 6.36. The molecule has 0 atom stereocenters. The molecule has 0 bridgehead atoms. The Hall–Kier alpha value is -3.99. The number of benzene rings is 3. The van der Waals surface area contributed by atoms with Gasteiger partial charge in [0.05, 0.1) is 10.9 Å². The Kier molecular flexibility index (Phi) is 5.40. The van der Waals surface area contributed by atoms with Gasteiger partial charge in [-0.2, -0.15) is 5.10 Å². The van der Waals surface area contributed by atoms with Crippen LogP contribution in [0.4, 0.5) is 5.82 Å². The number of nitrogens with zero attached hydrogens (tertiary/aromatic N) is 3. The van der Waals surface area contributed by atoms with Crippen LogP contribution in [0, 0.1) is 13.8 Å². The summed E-state index contributed by atoms with van der Waals surface area (Å²) in [6, 6.07) is 22.6. The Bertz CT molecular complexity index is 1570. The van der Waals surface area contributed by atoms with Crippen LogP contribution >= 0.6 is 0 Å². The van der Waals surface area contributed by atoms with Gasteiger partial charge in [-0.3, -0.25) is 5.43 Å². The number of fused-ring (bicyclic) bond motifs is 2. The summed E-state index contributed by atoms with van der Waals surface area (Å²) in [7, 11) is 0. The van der Waals surface area contributed by atoms with Gasteiger partial charge in [0.15, 0.2) is 5.82 Å². The molecule has 0 aliphatic heterocycles. The molecule has 0 saturated carbocycles. The molecule has 0 fully saturated rings. The zero-order valence-electron chi connectivity index (χ0n) is 20.2. The molecule has 0 unspecified atom stereocenters. The summed E-state index contributed by atoms with van der Waals surface area (Å²) >= 11 is 0. The fourth-order valence-corrected chi connectivity index (χ4v) is 4.00. The van der Waals surface area contributed by atoms with E-state index >= 15 is 0 Å². The van der Waals surface area contributed by atoms with Crippen LogP contribution in [-0.2, 0) is 5.41 Å². The second kappa shape index (κ2) is 8.41. The summed E-state index contributed by atoms with van der Waals surface area (Å²) in [4.78, 5) is 8.75. The first kappa shape index (κ1) is 21.8. The third kappa shape index (κ3) is 4.17. The Morgan fingerprint density at radius 3 is 2.32 bits per heavy atom. The smallest absolute Gasteiger partial charge is 0.157 e. The van der Waals surface area contributed by atoms with Crippen molar-refractivity contribution < 1.29 is 4.42 Å². The predicted octanol–water partition coefficient (Wildman–Crippen LogP) is 6.89. The van der Waals surface area contributed by atoms with E-state index in [-0.39, 0.29) is 5.41 Å². The Morgan fingerprint density at radius 1 is 0.824 bits per heavy atom. The molecule has 3 aromatic carbocycles. The molecule has 1 N–H and O–H groups in total. The number of aryl methyl sites for hydroxylation is 2. The highest BCUT2D eigenvalue weighted by atomic mass is 16.3. The van der Waals surface area contributed by atoms with E-state index in [9.17, 15) is 0 Å². The zero-order chi connectivity index (χ0) is 23.9. The molecular formula is C29H28N4O. The van der Waals surface area contributed by atoms with Gasteiger partial charge in [0.1, 0.15) is 17.7 Å². The average molecular weight is 449 g/mol. The molecule has 5 nitrogen and oxygen atoms in total. The van der Waals surface area contributed by atoms with E-state index in [4.69, 9.17) is 9.52 Å². The van der Waals surface area contributed by atoms with Gasteiger partial charge in [-0.05, 0) is 60.2 Å². The monoisotopic (exact) mass is 448 g/mol. The predicted molar refractivity (Wildman–Crippen MR) is 139 cm³/mol. The van der Waals surface area contributed by atoms with Crippen LogP contribution < -0.4 is 10.8 Å². The van der Waals surface area contributed by atoms with Gasteiger partial charge in [0, 0.05) is 22.4 Å². The van der Waals surface area contributed by atoms with Crippen LogP contribution in [-0.4, -0.2) is 9.97 Å². The minimum Gasteiger partial charge on any atom is -0.456 e. The fraction of sp³-hybridized carbons (Fsp3) is 0.207. The minimum atomic E-state index is 0.0957. The quantitative estimate of drug-likeness (QED) is 0.305. The Balaban J connectivity index is 1.66. The molecule has 34 heavy (non-hydrogen) atoms. The summed E-state index contributed by atoms with van der Waals surface area (Å²) in [6.45, 7) is 10.8. The number of rotatable bonds is 3. The van der Waals surface area contributed by atoms with Crippen molar-refractivity contribution in [3.05, 3.63) is 95.1 Å². The molecule has 170 valence electrons. The van der Waals surface area contributed by atoms with Gasteiger partial charge in [-0.25, -0.2) is 9.97 Å². The molecular weight excluding hydrogens is 420 g/mol. The molecule has 5 aromatic rings. The van der Waals surface area contributed by atoms with Crippen LogP contribution in [0.25, 0.3) is 33.2 Å². The van der Waals surface area contributed by atoms with Crippen molar-refractivity contribution in [1.82, 2.24) is 9.97 Å². The van der Waals surface area contributed by atoms with Crippen LogP contribution in [0.1, 0.15) is 37.5 Å². The zero-order valence-corrected chi connectivity index (χ0v) is 20.2. The average Bonchev–Trinajstić information content (AvgIpc) is 2.83. The third-order valence-electron chi connectivity index (χ3n) is 6.22. The molecule has 0 aliphatic carbocycles. The van der Waals surface area contributed by atoms with Crippen molar-refractivity contribution in [2.45, 2.75) is 40.0 Å². The van der Waals surface area contributed by atoms with E-state index in [0.717, 1.165) is 38.6 Å². The second-order valence-electron chi connectivity index (χ2n) is 9.72. The van der Waals surface area contributed by atoms with Crippen molar-refractivity contribution in [3.8, 4) is 11.3 Å². The van der Waals surface area contributed by atoms with Crippen molar-refractivity contribution >= 4 is 27.7 Å². The lowest BCUT2D eigenvalue weighted by Gasteiger charge is -2.19. The summed E-state index contributed by atoms with van der Waals surface area (Å²) in [5.74, 6) is 1.43. The molecule has 5 rings (SSSR count). The fourth-order valence-electron chi connectivity index (χ4n) is 4.00. The van der Waals surface area contributed by atoms with Crippen molar-refractivity contribution in [3.63, 3.8) is 0 Å². The van der Waals surface area contributed by atoms with Gasteiger partial charge in [-0.15, -0.1) is 0 Å². The molecule has 0 amide bonds. The lowest BCUT2D eigenvalue weighted by molar-refractivity contribution is 0.589. The van der Waals surface area contributed by atoms with Crippen LogP contribution in [0.2, 0.25) is 0 Å². The first-order valence-electron chi connectivity index (χ1n) is 11.4. The molecule has 0 spiro atoms. The number of anilines is 1. The standard InChI is InChI=1S/C29H28N4O/c1-18-14-23-25(32-33-28-22-8-6-7-9-24(22)30-17-31-28)16-26(34-27(23)15-19(18)2)20-10-12-21(13-11-20)29(3,4)5/h6-17H,1-5H3,(H,30,31,33). The van der Waals surface area contributed by atoms with Gasteiger partial charge < -0.3 is 4.42 Å². The lowest BCUT2D eigenvalue weighted by atomic mass is 9.86. The number of para-hydroxylation sites is 1. The normalized spacial score (nSPS) is 12.4. The maximum Gasteiger partial charge on any atom is 0.157 e. The van der Waals surface area contributed by atoms with Crippen molar-refractivity contribution in [1.29, 1.82) is 0 Å². The van der Waals surface area contributed by atoms with E-state index in [1.165, 1.54) is 16.7 Å². The Labute approximate surface area is 199 Å². The van der Waals surface area contributed by atoms with Crippen LogP contribution in [0.15, 0.2) is 82.6 Å². The second-order valence-corrected chi connectivity index (χ2v) is 9.72. The molecule has 0 radical (unpaired) electrons. The van der Waals surface area contributed by atoms with Crippen molar-refractivity contribution in [2.75, 3.05) is 5.43 Å². The molecule has 0 saturated heterocycles. The van der Waals surface area contributed by atoms with E-state index in [0.29, 0.717) is 5.82 Å². The largest absolute Gasteiger partial charge is 0.456 e. The third-order valence-corrected chi connectivity index (χ3v) is 6.22. The van der Waals surface area contributed by atoms with Gasteiger partial charge in [-0.1, -0.05) is 57.2 Å². The topological polar surface area (TPSA) is 63.3 Å². The Morgan fingerprint density at radius 2 is 1.56 bits per heavy atom. The summed E-state index contributed by atoms with van der Waals surface area (Å²) in [5.41, 5.74) is 9.60. The van der Waals surface area contributed by atoms with E-state index in [1.807, 2.05) is 30.3 Å². The van der Waals surface area contributed by atoms with E-state index < -0.39 is 0 Å². The number of nitrogens with one attached hydrogen (secondary N) is 1. The first-order valence-corrected chi connectivity index (χ1v) is 11.4. The number of hydrogen-bond donors (Lipinski definition) is 1. The summed E-state index contributed by atoms with van der Waals surface area (Å²) in [5, 5.41) is 7.43. The highest BCUT2D eigenvalue weighted by Crippen LogP contribution is 2.28. The number of hydrogen-bond acceptors (Lipinski definition) is 5. The molecule has 0 aliphatic rings. The van der Waals surface area contributed by atoms with Gasteiger partial charge in [0.25, 0.3) is 0 Å². The number of aromatic nitrogens is 2. The van der Waals surface area contributed by atoms with Crippen LogP contribution in [0.3, 0.4) is 0 Å². The highest BCUT2D eigenvalue weighted by Gasteiger charge is 2.14. The van der Waals surface area contributed by atoms with Gasteiger partial charge in [0.2, 0.25) is 0 Å². The van der Waals surface area contributed by atoms with Crippen LogP contribution in [0.5, 0.6) is 0 Å². The van der Waals surface area contributed by atoms with E-state index in [1.54, 1.807) is 6.33 Å². The van der Waals surface area contributed by atoms with E-state index in [2.05, 4.69) is 86.4 Å².